The van der Waals surface area contributed by atoms with Gasteiger partial charge in [-0.2, -0.15) is 4.98 Å². The minimum absolute atomic E-state index is 0.379. The molecule has 20 heavy (non-hydrogen) atoms. The lowest BCUT2D eigenvalue weighted by atomic mass is 10.1. The number of likely N-dealkylation sites (N-methyl/N-ethyl adjacent to an activating group) is 1. The minimum atomic E-state index is 0.379. The molecule has 0 fully saturated rings. The first kappa shape index (κ1) is 15.0. The quantitative estimate of drug-likeness (QED) is 0.845. The maximum absolute atomic E-state index is 6.14. The van der Waals surface area contributed by atoms with Crippen molar-refractivity contribution >= 4 is 11.6 Å². The molecule has 0 saturated carbocycles. The van der Waals surface area contributed by atoms with Crippen molar-refractivity contribution in [3.8, 4) is 11.4 Å². The fourth-order valence-electron chi connectivity index (χ4n) is 2.21. The second-order valence-electron chi connectivity index (χ2n) is 4.74. The Morgan fingerprint density at radius 3 is 2.80 bits per heavy atom. The third-order valence-corrected chi connectivity index (χ3v) is 3.46. The number of nitrogens with zero attached hydrogens (tertiary/aromatic N) is 2. The Kier molecular flexibility index (Phi) is 5.56. The molecule has 0 aliphatic carbocycles. The van der Waals surface area contributed by atoms with Crippen LogP contribution in [0.1, 0.15) is 32.6 Å². The average molecular weight is 294 g/mol. The summed E-state index contributed by atoms with van der Waals surface area (Å²) in [6, 6.07) is 7.89. The van der Waals surface area contributed by atoms with Gasteiger partial charge < -0.3 is 9.84 Å². The summed E-state index contributed by atoms with van der Waals surface area (Å²) in [7, 11) is 0. The molecule has 1 atom stereocenters. The summed E-state index contributed by atoms with van der Waals surface area (Å²) < 4.78 is 5.34. The SMILES string of the molecule is CCCC(Cc1nc(-c2ccccc2Cl)no1)NCC. The molecule has 0 aliphatic heterocycles. The molecule has 4 nitrogen and oxygen atoms in total. The third-order valence-electron chi connectivity index (χ3n) is 3.13. The van der Waals surface area contributed by atoms with Crippen molar-refractivity contribution in [2.75, 3.05) is 6.54 Å². The molecule has 2 aromatic rings. The minimum Gasteiger partial charge on any atom is -0.339 e. The zero-order chi connectivity index (χ0) is 14.4. The van der Waals surface area contributed by atoms with E-state index in [2.05, 4.69) is 29.3 Å². The highest BCUT2D eigenvalue weighted by molar-refractivity contribution is 6.33. The predicted molar refractivity (Wildman–Crippen MR) is 80.8 cm³/mol. The van der Waals surface area contributed by atoms with Gasteiger partial charge in [-0.1, -0.05) is 49.2 Å². The summed E-state index contributed by atoms with van der Waals surface area (Å²) in [5.74, 6) is 1.21. The maximum Gasteiger partial charge on any atom is 0.228 e. The lowest BCUT2D eigenvalue weighted by Gasteiger charge is -2.14. The fourth-order valence-corrected chi connectivity index (χ4v) is 2.43. The normalized spacial score (nSPS) is 12.6. The Labute approximate surface area is 124 Å². The number of hydrogen-bond acceptors (Lipinski definition) is 4. The molecule has 1 aromatic heterocycles. The lowest BCUT2D eigenvalue weighted by molar-refractivity contribution is 0.352. The van der Waals surface area contributed by atoms with Gasteiger partial charge in [-0.3, -0.25) is 0 Å². The van der Waals surface area contributed by atoms with Gasteiger partial charge in [0.05, 0.1) is 5.02 Å². The monoisotopic (exact) mass is 293 g/mol. The Hall–Kier alpha value is -1.39. The van der Waals surface area contributed by atoms with Crippen molar-refractivity contribution in [1.82, 2.24) is 15.5 Å². The van der Waals surface area contributed by atoms with Crippen molar-refractivity contribution in [3.05, 3.63) is 35.2 Å². The second-order valence-corrected chi connectivity index (χ2v) is 5.15. The van der Waals surface area contributed by atoms with Gasteiger partial charge in [0.1, 0.15) is 0 Å². The summed E-state index contributed by atoms with van der Waals surface area (Å²) in [5, 5.41) is 8.10. The van der Waals surface area contributed by atoms with E-state index in [9.17, 15) is 0 Å². The van der Waals surface area contributed by atoms with Gasteiger partial charge in [0, 0.05) is 18.0 Å². The predicted octanol–water partition coefficient (Wildman–Crippen LogP) is 3.71. The highest BCUT2D eigenvalue weighted by Crippen LogP contribution is 2.25. The standard InChI is InChI=1S/C15H20ClN3O/c1-3-7-11(17-4-2)10-14-18-15(19-20-14)12-8-5-6-9-13(12)16/h5-6,8-9,11,17H,3-4,7,10H2,1-2H3. The number of aromatic nitrogens is 2. The third kappa shape index (κ3) is 3.81. The zero-order valence-corrected chi connectivity index (χ0v) is 12.7. The summed E-state index contributed by atoms with van der Waals surface area (Å²) in [4.78, 5) is 4.44. The number of nitrogens with one attached hydrogen (secondary N) is 1. The Morgan fingerprint density at radius 2 is 2.10 bits per heavy atom. The molecular weight excluding hydrogens is 274 g/mol. The largest absolute Gasteiger partial charge is 0.339 e. The molecule has 5 heteroatoms. The summed E-state index contributed by atoms with van der Waals surface area (Å²) in [5.41, 5.74) is 0.805. The fraction of sp³-hybridized carbons (Fsp3) is 0.467. The molecule has 0 saturated heterocycles. The van der Waals surface area contributed by atoms with Crippen LogP contribution < -0.4 is 5.32 Å². The number of benzene rings is 1. The number of hydrogen-bond donors (Lipinski definition) is 1. The van der Waals surface area contributed by atoms with Gasteiger partial charge in [0.2, 0.25) is 11.7 Å². The first-order valence-electron chi connectivity index (χ1n) is 7.05. The molecule has 0 spiro atoms. The first-order valence-corrected chi connectivity index (χ1v) is 7.43. The molecule has 0 radical (unpaired) electrons. The molecular formula is C15H20ClN3O. The van der Waals surface area contributed by atoms with Crippen molar-refractivity contribution in [2.24, 2.45) is 0 Å². The molecule has 0 aliphatic rings. The summed E-state index contributed by atoms with van der Waals surface area (Å²) in [6.45, 7) is 5.22. The molecule has 1 N–H and O–H groups in total. The van der Waals surface area contributed by atoms with E-state index in [1.54, 1.807) is 0 Å². The van der Waals surface area contributed by atoms with Crippen molar-refractivity contribution < 1.29 is 4.52 Å². The first-order chi connectivity index (χ1) is 9.74. The summed E-state index contributed by atoms with van der Waals surface area (Å²) in [6.07, 6.45) is 2.97. The van der Waals surface area contributed by atoms with Crippen LogP contribution in [0.4, 0.5) is 0 Å². The molecule has 1 aromatic carbocycles. The number of halogens is 1. The van der Waals surface area contributed by atoms with Crippen LogP contribution in [0.2, 0.25) is 5.02 Å². The highest BCUT2D eigenvalue weighted by Gasteiger charge is 2.15. The summed E-state index contributed by atoms with van der Waals surface area (Å²) >= 11 is 6.14. The van der Waals surface area contributed by atoms with Crippen LogP contribution >= 0.6 is 11.6 Å². The van der Waals surface area contributed by atoms with Crippen LogP contribution in [-0.2, 0) is 6.42 Å². The van der Waals surface area contributed by atoms with E-state index in [1.165, 1.54) is 0 Å². The smallest absolute Gasteiger partial charge is 0.228 e. The van der Waals surface area contributed by atoms with Gasteiger partial charge in [0.15, 0.2) is 0 Å². The van der Waals surface area contributed by atoms with Crippen LogP contribution in [0.3, 0.4) is 0 Å². The molecule has 2 rings (SSSR count). The van der Waals surface area contributed by atoms with Crippen LogP contribution in [0, 0.1) is 0 Å². The van der Waals surface area contributed by atoms with E-state index < -0.39 is 0 Å². The average Bonchev–Trinajstić information content (AvgIpc) is 2.88. The lowest BCUT2D eigenvalue weighted by Crippen LogP contribution is -2.30. The topological polar surface area (TPSA) is 51.0 Å². The van der Waals surface area contributed by atoms with Crippen LogP contribution in [0.25, 0.3) is 11.4 Å². The highest BCUT2D eigenvalue weighted by atomic mass is 35.5. The molecule has 1 heterocycles. The van der Waals surface area contributed by atoms with E-state index in [4.69, 9.17) is 16.1 Å². The van der Waals surface area contributed by atoms with Crippen LogP contribution in [-0.4, -0.2) is 22.7 Å². The van der Waals surface area contributed by atoms with Gasteiger partial charge in [-0.05, 0) is 25.1 Å². The van der Waals surface area contributed by atoms with Crippen molar-refractivity contribution in [2.45, 2.75) is 39.2 Å². The molecule has 0 amide bonds. The second kappa shape index (κ2) is 7.41. The van der Waals surface area contributed by atoms with Gasteiger partial charge in [0.25, 0.3) is 0 Å². The van der Waals surface area contributed by atoms with Gasteiger partial charge >= 0.3 is 0 Å². The maximum atomic E-state index is 6.14. The van der Waals surface area contributed by atoms with E-state index in [0.717, 1.165) is 31.4 Å². The van der Waals surface area contributed by atoms with E-state index in [-0.39, 0.29) is 0 Å². The van der Waals surface area contributed by atoms with Gasteiger partial charge in [-0.25, -0.2) is 0 Å². The zero-order valence-electron chi connectivity index (χ0n) is 11.9. The Balaban J connectivity index is 2.10. The number of rotatable bonds is 7. The van der Waals surface area contributed by atoms with E-state index >= 15 is 0 Å². The Morgan fingerprint density at radius 1 is 1.30 bits per heavy atom. The van der Waals surface area contributed by atoms with Gasteiger partial charge in [-0.15, -0.1) is 0 Å². The molecule has 0 bridgehead atoms. The molecule has 108 valence electrons. The van der Waals surface area contributed by atoms with Crippen LogP contribution in [0.5, 0.6) is 0 Å². The van der Waals surface area contributed by atoms with E-state index in [1.807, 2.05) is 24.3 Å². The van der Waals surface area contributed by atoms with E-state index in [0.29, 0.717) is 22.8 Å². The van der Waals surface area contributed by atoms with Crippen molar-refractivity contribution in [1.29, 1.82) is 0 Å². The van der Waals surface area contributed by atoms with Crippen molar-refractivity contribution in [3.63, 3.8) is 0 Å². The Bertz CT molecular complexity index is 535. The van der Waals surface area contributed by atoms with Crippen LogP contribution in [0.15, 0.2) is 28.8 Å². The molecule has 1 unspecified atom stereocenters.